The largest absolute Gasteiger partial charge is 0.378 e. The van der Waals surface area contributed by atoms with Crippen molar-refractivity contribution < 1.29 is 4.79 Å². The molecule has 20 heavy (non-hydrogen) atoms. The van der Waals surface area contributed by atoms with E-state index < -0.39 is 0 Å². The molecule has 1 unspecified atom stereocenters. The summed E-state index contributed by atoms with van der Waals surface area (Å²) in [6.07, 6.45) is 3.50. The Hall–Kier alpha value is -1.88. The number of benzene rings is 1. The lowest BCUT2D eigenvalue weighted by Gasteiger charge is -2.17. The molecule has 104 valence electrons. The van der Waals surface area contributed by atoms with E-state index in [4.69, 9.17) is 0 Å². The van der Waals surface area contributed by atoms with Gasteiger partial charge in [0.15, 0.2) is 0 Å². The minimum atomic E-state index is -0.0698. The Kier molecular flexibility index (Phi) is 4.74. The molecule has 1 aromatic heterocycles. The number of nitrogens with one attached hydrogen (secondary N) is 2. The van der Waals surface area contributed by atoms with Crippen LogP contribution in [0, 0.1) is 0 Å². The number of amides is 1. The van der Waals surface area contributed by atoms with Gasteiger partial charge in [-0.15, -0.1) is 0 Å². The summed E-state index contributed by atoms with van der Waals surface area (Å²) in [5.41, 5.74) is 2.88. The molecule has 0 aliphatic carbocycles. The number of rotatable bonds is 4. The standard InChI is InChI=1S/C15H16BrN3O/c1-10(18-15-6-7-17-9-14(15)16)12-4-3-5-13(8-12)19-11(2)20/h3-10H,1-2H3,(H,17,18)(H,19,20). The lowest BCUT2D eigenvalue weighted by atomic mass is 10.1. The van der Waals surface area contributed by atoms with Crippen LogP contribution in [0.2, 0.25) is 0 Å². The molecule has 0 bridgehead atoms. The molecule has 0 fully saturated rings. The highest BCUT2D eigenvalue weighted by atomic mass is 79.9. The van der Waals surface area contributed by atoms with E-state index in [0.29, 0.717) is 0 Å². The van der Waals surface area contributed by atoms with Gasteiger partial charge < -0.3 is 10.6 Å². The van der Waals surface area contributed by atoms with Gasteiger partial charge in [0.05, 0.1) is 10.2 Å². The molecule has 4 nitrogen and oxygen atoms in total. The molecule has 0 aliphatic rings. The number of aromatic nitrogens is 1. The zero-order valence-corrected chi connectivity index (χ0v) is 12.9. The number of hydrogen-bond donors (Lipinski definition) is 2. The number of anilines is 2. The molecule has 2 N–H and O–H groups in total. The van der Waals surface area contributed by atoms with Crippen LogP contribution < -0.4 is 10.6 Å². The van der Waals surface area contributed by atoms with E-state index in [1.54, 1.807) is 12.4 Å². The number of pyridine rings is 1. The van der Waals surface area contributed by atoms with E-state index in [-0.39, 0.29) is 11.9 Å². The number of halogens is 1. The van der Waals surface area contributed by atoms with Crippen LogP contribution in [0.25, 0.3) is 0 Å². The first-order valence-electron chi connectivity index (χ1n) is 6.30. The van der Waals surface area contributed by atoms with Crippen LogP contribution in [0.3, 0.4) is 0 Å². The van der Waals surface area contributed by atoms with Gasteiger partial charge in [-0.25, -0.2) is 0 Å². The molecule has 1 aromatic carbocycles. The Morgan fingerprint density at radius 3 is 2.85 bits per heavy atom. The van der Waals surface area contributed by atoms with Crippen molar-refractivity contribution in [2.45, 2.75) is 19.9 Å². The van der Waals surface area contributed by atoms with Gasteiger partial charge in [-0.05, 0) is 46.6 Å². The minimum absolute atomic E-state index is 0.0698. The zero-order valence-electron chi connectivity index (χ0n) is 11.4. The molecule has 1 heterocycles. The fraction of sp³-hybridized carbons (Fsp3) is 0.200. The van der Waals surface area contributed by atoms with Crippen molar-refractivity contribution in [3.8, 4) is 0 Å². The lowest BCUT2D eigenvalue weighted by molar-refractivity contribution is -0.114. The molecule has 0 spiro atoms. The SMILES string of the molecule is CC(=O)Nc1cccc(C(C)Nc2ccncc2Br)c1. The summed E-state index contributed by atoms with van der Waals surface area (Å²) in [6, 6.07) is 9.83. The van der Waals surface area contributed by atoms with E-state index >= 15 is 0 Å². The smallest absolute Gasteiger partial charge is 0.221 e. The van der Waals surface area contributed by atoms with E-state index in [1.165, 1.54) is 6.92 Å². The van der Waals surface area contributed by atoms with Crippen molar-refractivity contribution in [2.24, 2.45) is 0 Å². The van der Waals surface area contributed by atoms with Crippen LogP contribution in [-0.2, 0) is 4.79 Å². The maximum absolute atomic E-state index is 11.1. The lowest BCUT2D eigenvalue weighted by Crippen LogP contribution is -2.09. The van der Waals surface area contributed by atoms with E-state index in [2.05, 4.69) is 38.5 Å². The molecule has 5 heteroatoms. The predicted molar refractivity (Wildman–Crippen MR) is 84.7 cm³/mol. The summed E-state index contributed by atoms with van der Waals surface area (Å²) < 4.78 is 0.921. The van der Waals surface area contributed by atoms with Gasteiger partial charge in [0.2, 0.25) is 5.91 Å². The average molecular weight is 334 g/mol. The van der Waals surface area contributed by atoms with Gasteiger partial charge in [-0.1, -0.05) is 12.1 Å². The molecule has 1 atom stereocenters. The van der Waals surface area contributed by atoms with Gasteiger partial charge in [0.25, 0.3) is 0 Å². The van der Waals surface area contributed by atoms with E-state index in [1.807, 2.05) is 30.3 Å². The van der Waals surface area contributed by atoms with Crippen molar-refractivity contribution in [1.29, 1.82) is 0 Å². The Balaban J connectivity index is 2.15. The fourth-order valence-electron chi connectivity index (χ4n) is 1.90. The highest BCUT2D eigenvalue weighted by molar-refractivity contribution is 9.10. The second-order valence-corrected chi connectivity index (χ2v) is 5.38. The van der Waals surface area contributed by atoms with Gasteiger partial charge in [0.1, 0.15) is 0 Å². The maximum Gasteiger partial charge on any atom is 0.221 e. The third kappa shape index (κ3) is 3.81. The summed E-state index contributed by atoms with van der Waals surface area (Å²) in [4.78, 5) is 15.1. The summed E-state index contributed by atoms with van der Waals surface area (Å²) in [5, 5.41) is 6.20. The van der Waals surface area contributed by atoms with Crippen LogP contribution in [0.5, 0.6) is 0 Å². The minimum Gasteiger partial charge on any atom is -0.378 e. The van der Waals surface area contributed by atoms with Crippen molar-refractivity contribution in [2.75, 3.05) is 10.6 Å². The third-order valence-electron chi connectivity index (χ3n) is 2.85. The molecular formula is C15H16BrN3O. The summed E-state index contributed by atoms with van der Waals surface area (Å²) in [6.45, 7) is 3.57. The summed E-state index contributed by atoms with van der Waals surface area (Å²) in [7, 11) is 0. The van der Waals surface area contributed by atoms with Crippen molar-refractivity contribution in [3.05, 3.63) is 52.8 Å². The molecule has 2 rings (SSSR count). The first kappa shape index (κ1) is 14.5. The molecule has 0 radical (unpaired) electrons. The van der Waals surface area contributed by atoms with Crippen LogP contribution in [0.1, 0.15) is 25.5 Å². The Bertz CT molecular complexity index is 616. The Morgan fingerprint density at radius 2 is 2.15 bits per heavy atom. The number of hydrogen-bond acceptors (Lipinski definition) is 3. The van der Waals surface area contributed by atoms with Gasteiger partial charge >= 0.3 is 0 Å². The molecular weight excluding hydrogens is 318 g/mol. The number of carbonyl (C=O) groups excluding carboxylic acids is 1. The number of carbonyl (C=O) groups is 1. The second-order valence-electron chi connectivity index (χ2n) is 4.53. The highest BCUT2D eigenvalue weighted by Gasteiger charge is 2.08. The fourth-order valence-corrected chi connectivity index (χ4v) is 2.26. The molecule has 0 saturated heterocycles. The quantitative estimate of drug-likeness (QED) is 0.889. The predicted octanol–water partition coefficient (Wildman–Crippen LogP) is 3.98. The first-order valence-corrected chi connectivity index (χ1v) is 7.09. The molecule has 2 aromatic rings. The second kappa shape index (κ2) is 6.52. The Morgan fingerprint density at radius 1 is 1.35 bits per heavy atom. The summed E-state index contributed by atoms with van der Waals surface area (Å²) >= 11 is 3.46. The van der Waals surface area contributed by atoms with Crippen LogP contribution in [-0.4, -0.2) is 10.9 Å². The maximum atomic E-state index is 11.1. The first-order chi connectivity index (χ1) is 9.56. The van der Waals surface area contributed by atoms with Crippen LogP contribution in [0.15, 0.2) is 47.2 Å². The van der Waals surface area contributed by atoms with E-state index in [0.717, 1.165) is 21.4 Å². The average Bonchev–Trinajstić information content (AvgIpc) is 2.41. The zero-order chi connectivity index (χ0) is 14.5. The van der Waals surface area contributed by atoms with Crippen molar-refractivity contribution in [1.82, 2.24) is 4.98 Å². The van der Waals surface area contributed by atoms with Gasteiger partial charge in [0, 0.05) is 31.0 Å². The number of nitrogens with zero attached hydrogens (tertiary/aromatic N) is 1. The topological polar surface area (TPSA) is 54.0 Å². The highest BCUT2D eigenvalue weighted by Crippen LogP contribution is 2.26. The van der Waals surface area contributed by atoms with Gasteiger partial charge in [-0.3, -0.25) is 9.78 Å². The molecule has 0 aliphatic heterocycles. The molecule has 1 amide bonds. The van der Waals surface area contributed by atoms with Crippen molar-refractivity contribution in [3.63, 3.8) is 0 Å². The Labute approximate surface area is 126 Å². The van der Waals surface area contributed by atoms with Crippen molar-refractivity contribution >= 4 is 33.2 Å². The van der Waals surface area contributed by atoms with Crippen LogP contribution in [0.4, 0.5) is 11.4 Å². The van der Waals surface area contributed by atoms with Crippen LogP contribution >= 0.6 is 15.9 Å². The molecule has 0 saturated carbocycles. The third-order valence-corrected chi connectivity index (χ3v) is 3.48. The monoisotopic (exact) mass is 333 g/mol. The van der Waals surface area contributed by atoms with Gasteiger partial charge in [-0.2, -0.15) is 0 Å². The summed E-state index contributed by atoms with van der Waals surface area (Å²) in [5.74, 6) is -0.0698. The normalized spacial score (nSPS) is 11.8. The van der Waals surface area contributed by atoms with E-state index in [9.17, 15) is 4.79 Å².